The van der Waals surface area contributed by atoms with Crippen LogP contribution < -0.4 is 5.32 Å². The number of piperidine rings is 1. The minimum atomic E-state index is -1.23. The molecule has 2 aromatic rings. The Kier molecular flexibility index (Phi) is 10.0. The van der Waals surface area contributed by atoms with Crippen LogP contribution in [0.2, 0.25) is 0 Å². The highest BCUT2D eigenvalue weighted by Gasteiger charge is 2.25. The largest absolute Gasteiger partial charge is 0.479 e. The standard InChI is InChI=1S/C22H34N4O2.C3H6O3/c1-16(2)26-13-18-6-5-7-19(20(18)24-26)21(28)23-12-17-8-10-25(11-9-17)14-22(3,4)15-27;1-2(4)3(5)6/h5-7,13,16-17,27H,8-12,14-15H2,1-4H3,(H,23,28);2,4H,1H3,(H,5,6). The molecule has 0 aliphatic carbocycles. The van der Waals surface area contributed by atoms with E-state index in [2.05, 4.69) is 43.0 Å². The van der Waals surface area contributed by atoms with E-state index in [0.717, 1.165) is 43.4 Å². The molecule has 9 heteroatoms. The number of hydrogen-bond acceptors (Lipinski definition) is 6. The van der Waals surface area contributed by atoms with Crippen molar-refractivity contribution >= 4 is 22.8 Å². The summed E-state index contributed by atoms with van der Waals surface area (Å²) in [6.45, 7) is 13.4. The molecule has 4 N–H and O–H groups in total. The Labute approximate surface area is 201 Å². The van der Waals surface area contributed by atoms with Gasteiger partial charge in [-0.05, 0) is 58.7 Å². The molecule has 190 valence electrons. The van der Waals surface area contributed by atoms with Crippen LogP contribution in [0.1, 0.15) is 63.9 Å². The molecule has 0 saturated carbocycles. The molecule has 1 aromatic heterocycles. The Morgan fingerprint density at radius 1 is 1.21 bits per heavy atom. The van der Waals surface area contributed by atoms with Crippen molar-refractivity contribution in [2.45, 2.75) is 59.6 Å². The van der Waals surface area contributed by atoms with Gasteiger partial charge in [0.15, 0.2) is 0 Å². The molecule has 0 radical (unpaired) electrons. The Hall–Kier alpha value is -2.49. The first-order valence-electron chi connectivity index (χ1n) is 11.9. The fraction of sp³-hybridized carbons (Fsp3) is 0.640. The second-order valence-electron chi connectivity index (χ2n) is 10.2. The third-order valence-corrected chi connectivity index (χ3v) is 6.02. The number of rotatable bonds is 8. The molecule has 9 nitrogen and oxygen atoms in total. The molecule has 1 atom stereocenters. The molecular formula is C25H40N4O5. The molecule has 3 rings (SSSR count). The van der Waals surface area contributed by atoms with Gasteiger partial charge in [-0.2, -0.15) is 5.10 Å². The molecule has 0 spiro atoms. The number of aliphatic carboxylic acids is 1. The highest BCUT2D eigenvalue weighted by Crippen LogP contribution is 2.23. The van der Waals surface area contributed by atoms with Gasteiger partial charge < -0.3 is 25.5 Å². The van der Waals surface area contributed by atoms with Crippen molar-refractivity contribution in [3.8, 4) is 0 Å². The van der Waals surface area contributed by atoms with Crippen molar-refractivity contribution in [2.24, 2.45) is 11.3 Å². The highest BCUT2D eigenvalue weighted by atomic mass is 16.4. The Morgan fingerprint density at radius 2 is 1.82 bits per heavy atom. The van der Waals surface area contributed by atoms with Crippen molar-refractivity contribution in [3.63, 3.8) is 0 Å². The van der Waals surface area contributed by atoms with Crippen molar-refractivity contribution in [1.82, 2.24) is 20.0 Å². The van der Waals surface area contributed by atoms with Crippen LogP contribution in [0.5, 0.6) is 0 Å². The number of carbonyl (C=O) groups excluding carboxylic acids is 1. The maximum atomic E-state index is 12.8. The van der Waals surface area contributed by atoms with E-state index in [-0.39, 0.29) is 24.0 Å². The van der Waals surface area contributed by atoms with Crippen LogP contribution in [-0.4, -0.2) is 80.8 Å². The van der Waals surface area contributed by atoms with E-state index in [1.54, 1.807) is 0 Å². The Bertz CT molecular complexity index is 946. The lowest BCUT2D eigenvalue weighted by Gasteiger charge is -2.36. The summed E-state index contributed by atoms with van der Waals surface area (Å²) in [7, 11) is 0. The van der Waals surface area contributed by atoms with E-state index in [0.29, 0.717) is 18.0 Å². The van der Waals surface area contributed by atoms with Crippen LogP contribution in [0, 0.1) is 11.3 Å². The number of likely N-dealkylation sites (tertiary alicyclic amines) is 1. The number of hydrogen-bond donors (Lipinski definition) is 4. The summed E-state index contributed by atoms with van der Waals surface area (Å²) in [5.41, 5.74) is 1.37. The summed E-state index contributed by atoms with van der Waals surface area (Å²) in [6.07, 6.45) is 2.92. The van der Waals surface area contributed by atoms with E-state index in [4.69, 9.17) is 10.2 Å². The first-order valence-corrected chi connectivity index (χ1v) is 11.9. The molecule has 34 heavy (non-hydrogen) atoms. The summed E-state index contributed by atoms with van der Waals surface area (Å²) < 4.78 is 1.91. The predicted octanol–water partition coefficient (Wildman–Crippen LogP) is 2.53. The van der Waals surface area contributed by atoms with Crippen molar-refractivity contribution in [2.75, 3.05) is 32.8 Å². The first kappa shape index (κ1) is 27.8. The molecule has 2 heterocycles. The SMILES string of the molecule is CC(C)n1cc2cccc(C(=O)NCC3CCN(CC(C)(C)CO)CC3)c2n1.CC(O)C(=O)O. The number of fused-ring (bicyclic) bond motifs is 1. The Balaban J connectivity index is 0.000000604. The van der Waals surface area contributed by atoms with Gasteiger partial charge >= 0.3 is 5.97 Å². The zero-order valence-corrected chi connectivity index (χ0v) is 21.0. The van der Waals surface area contributed by atoms with E-state index in [1.807, 2.05) is 29.1 Å². The van der Waals surface area contributed by atoms with Gasteiger partial charge in [-0.1, -0.05) is 26.0 Å². The van der Waals surface area contributed by atoms with Gasteiger partial charge in [0.1, 0.15) is 11.6 Å². The minimum absolute atomic E-state index is 0.0385. The van der Waals surface area contributed by atoms with E-state index in [9.17, 15) is 14.7 Å². The van der Waals surface area contributed by atoms with E-state index >= 15 is 0 Å². The van der Waals surface area contributed by atoms with Gasteiger partial charge in [-0.15, -0.1) is 0 Å². The number of carbonyl (C=O) groups is 2. The van der Waals surface area contributed by atoms with Crippen LogP contribution in [0.3, 0.4) is 0 Å². The lowest BCUT2D eigenvalue weighted by molar-refractivity contribution is -0.145. The molecule has 1 fully saturated rings. The molecule has 0 bridgehead atoms. The van der Waals surface area contributed by atoms with Gasteiger partial charge in [-0.3, -0.25) is 9.48 Å². The predicted molar refractivity (Wildman–Crippen MR) is 132 cm³/mol. The van der Waals surface area contributed by atoms with Crippen molar-refractivity contribution in [3.05, 3.63) is 30.0 Å². The second-order valence-corrected chi connectivity index (χ2v) is 10.2. The lowest BCUT2D eigenvalue weighted by Crippen LogP contribution is -2.43. The molecule has 1 unspecified atom stereocenters. The number of nitrogens with zero attached hydrogens (tertiary/aromatic N) is 3. The molecular weight excluding hydrogens is 436 g/mol. The minimum Gasteiger partial charge on any atom is -0.479 e. The van der Waals surface area contributed by atoms with Gasteiger partial charge in [-0.25, -0.2) is 4.79 Å². The van der Waals surface area contributed by atoms with Gasteiger partial charge in [0, 0.05) is 42.7 Å². The molecule has 1 amide bonds. The molecule has 1 saturated heterocycles. The number of aromatic nitrogens is 2. The number of carboxylic acid groups (broad SMARTS) is 1. The average molecular weight is 477 g/mol. The van der Waals surface area contributed by atoms with Crippen molar-refractivity contribution in [1.29, 1.82) is 0 Å². The lowest BCUT2D eigenvalue weighted by atomic mass is 9.91. The fourth-order valence-corrected chi connectivity index (χ4v) is 3.85. The zero-order valence-electron chi connectivity index (χ0n) is 21.0. The summed E-state index contributed by atoms with van der Waals surface area (Å²) >= 11 is 0. The molecule has 1 aliphatic heterocycles. The quantitative estimate of drug-likeness (QED) is 0.461. The summed E-state index contributed by atoms with van der Waals surface area (Å²) in [5, 5.41) is 34.0. The van der Waals surface area contributed by atoms with Gasteiger partial charge in [0.2, 0.25) is 0 Å². The number of amides is 1. The number of aliphatic hydroxyl groups excluding tert-OH is 2. The van der Waals surface area contributed by atoms with Crippen LogP contribution >= 0.6 is 0 Å². The maximum absolute atomic E-state index is 12.8. The smallest absolute Gasteiger partial charge is 0.332 e. The van der Waals surface area contributed by atoms with Crippen LogP contribution in [-0.2, 0) is 4.79 Å². The topological polar surface area (TPSA) is 128 Å². The second kappa shape index (κ2) is 12.3. The first-order chi connectivity index (χ1) is 15.9. The van der Waals surface area contributed by atoms with Gasteiger partial charge in [0.25, 0.3) is 5.91 Å². The zero-order chi connectivity index (χ0) is 25.5. The number of carboxylic acids is 1. The Morgan fingerprint density at radius 3 is 2.35 bits per heavy atom. The molecule has 1 aromatic carbocycles. The normalized spacial score (nSPS) is 16.2. The third kappa shape index (κ3) is 8.07. The van der Waals surface area contributed by atoms with E-state index < -0.39 is 12.1 Å². The summed E-state index contributed by atoms with van der Waals surface area (Å²) in [4.78, 5) is 24.6. The monoisotopic (exact) mass is 476 g/mol. The molecule has 1 aliphatic rings. The van der Waals surface area contributed by atoms with Crippen molar-refractivity contribution < 1.29 is 24.9 Å². The van der Waals surface area contributed by atoms with E-state index in [1.165, 1.54) is 6.92 Å². The van der Waals surface area contributed by atoms with Crippen LogP contribution in [0.15, 0.2) is 24.4 Å². The summed E-state index contributed by atoms with van der Waals surface area (Å²) in [5.74, 6) is -0.719. The highest BCUT2D eigenvalue weighted by molar-refractivity contribution is 6.05. The van der Waals surface area contributed by atoms with Crippen LogP contribution in [0.4, 0.5) is 0 Å². The number of nitrogens with one attached hydrogen (secondary N) is 1. The maximum Gasteiger partial charge on any atom is 0.332 e. The summed E-state index contributed by atoms with van der Waals surface area (Å²) in [6, 6.07) is 6.05. The number of aliphatic hydroxyl groups is 2. The van der Waals surface area contributed by atoms with Gasteiger partial charge in [0.05, 0.1) is 5.56 Å². The fourth-order valence-electron chi connectivity index (χ4n) is 3.85. The van der Waals surface area contributed by atoms with Crippen LogP contribution in [0.25, 0.3) is 10.9 Å². The average Bonchev–Trinajstić information content (AvgIpc) is 3.23. The third-order valence-electron chi connectivity index (χ3n) is 6.02. The number of benzene rings is 1.